The van der Waals surface area contributed by atoms with Gasteiger partial charge in [0.25, 0.3) is 0 Å². The number of hydrogen-bond acceptors (Lipinski definition) is 5. The normalized spacial score (nSPS) is 16.7. The molecule has 5 heteroatoms. The second kappa shape index (κ2) is 10.3. The first-order valence-electron chi connectivity index (χ1n) is 12.7. The number of aliphatic hydroxyl groups excluding tert-OH is 2. The highest BCUT2D eigenvalue weighted by molar-refractivity contribution is 5.64. The van der Waals surface area contributed by atoms with Gasteiger partial charge in [0.2, 0.25) is 0 Å². The summed E-state index contributed by atoms with van der Waals surface area (Å²) in [6.45, 7) is 2.61. The molecule has 0 atom stereocenters. The highest BCUT2D eigenvalue weighted by atomic mass is 16.5. The van der Waals surface area contributed by atoms with E-state index in [1.807, 2.05) is 24.3 Å². The van der Waals surface area contributed by atoms with E-state index in [9.17, 15) is 0 Å². The quantitative estimate of drug-likeness (QED) is 0.423. The van der Waals surface area contributed by atoms with Crippen LogP contribution < -0.4 is 14.2 Å². The minimum absolute atomic E-state index is 0.0443. The van der Waals surface area contributed by atoms with Crippen LogP contribution in [0.5, 0.6) is 23.0 Å². The van der Waals surface area contributed by atoms with Crippen LogP contribution in [0.15, 0.2) is 60.7 Å². The summed E-state index contributed by atoms with van der Waals surface area (Å²) in [6.07, 6.45) is 6.56. The van der Waals surface area contributed by atoms with Crippen molar-refractivity contribution < 1.29 is 24.4 Å². The van der Waals surface area contributed by atoms with E-state index >= 15 is 0 Å². The molecule has 0 bridgehead atoms. The van der Waals surface area contributed by atoms with Crippen molar-refractivity contribution in [2.75, 3.05) is 26.4 Å². The van der Waals surface area contributed by atoms with Crippen LogP contribution in [0.1, 0.15) is 67.2 Å². The Bertz CT molecular complexity index is 1090. The highest BCUT2D eigenvalue weighted by Crippen LogP contribution is 2.53. The zero-order valence-corrected chi connectivity index (χ0v) is 20.3. The maximum absolute atomic E-state index is 9.16. The number of rotatable bonds is 8. The molecular formula is C30H34O5. The van der Waals surface area contributed by atoms with Crippen molar-refractivity contribution in [1.82, 2.24) is 0 Å². The predicted octanol–water partition coefficient (Wildman–Crippen LogP) is 5.94. The first kappa shape index (κ1) is 23.7. The fourth-order valence-corrected chi connectivity index (χ4v) is 5.61. The molecule has 3 aromatic rings. The van der Waals surface area contributed by atoms with E-state index in [4.69, 9.17) is 24.4 Å². The third-order valence-corrected chi connectivity index (χ3v) is 7.49. The largest absolute Gasteiger partial charge is 0.491 e. The van der Waals surface area contributed by atoms with Crippen molar-refractivity contribution in [3.63, 3.8) is 0 Å². The van der Waals surface area contributed by atoms with Crippen LogP contribution in [0.2, 0.25) is 0 Å². The summed E-state index contributed by atoms with van der Waals surface area (Å²) in [6, 6.07) is 21.0. The lowest BCUT2D eigenvalue weighted by Gasteiger charge is -2.38. The minimum atomic E-state index is -0.432. The van der Waals surface area contributed by atoms with Gasteiger partial charge >= 0.3 is 0 Å². The molecule has 1 fully saturated rings. The third-order valence-electron chi connectivity index (χ3n) is 7.49. The van der Waals surface area contributed by atoms with Gasteiger partial charge in [-0.25, -0.2) is 0 Å². The van der Waals surface area contributed by atoms with Crippen LogP contribution in [-0.2, 0) is 5.41 Å². The maximum Gasteiger partial charge on any atom is 0.135 e. The van der Waals surface area contributed by atoms with E-state index in [0.717, 1.165) is 22.6 Å². The van der Waals surface area contributed by atoms with Crippen LogP contribution in [0.25, 0.3) is 0 Å². The molecule has 3 aromatic carbocycles. The van der Waals surface area contributed by atoms with Crippen molar-refractivity contribution in [3.05, 3.63) is 82.9 Å². The van der Waals surface area contributed by atoms with Crippen LogP contribution in [0.3, 0.4) is 0 Å². The second-order valence-corrected chi connectivity index (χ2v) is 9.64. The zero-order valence-electron chi connectivity index (χ0n) is 20.3. The van der Waals surface area contributed by atoms with Gasteiger partial charge in [-0.2, -0.15) is 0 Å². The number of fused-ring (bicyclic) bond motifs is 2. The predicted molar refractivity (Wildman–Crippen MR) is 136 cm³/mol. The lowest BCUT2D eigenvalue weighted by molar-refractivity contribution is 0.200. The van der Waals surface area contributed by atoms with E-state index in [-0.39, 0.29) is 26.4 Å². The van der Waals surface area contributed by atoms with Crippen LogP contribution in [-0.4, -0.2) is 36.6 Å². The molecule has 0 aromatic heterocycles. The standard InChI is InChI=1S/C30H34O5/c1-30(23-9-7-22(8-10-23)21-5-3-2-4-6-21)26-13-11-24(33-17-15-31)19-28(26)35-29-20-25(34-18-16-32)12-14-27(29)30/h7-14,19-21,31-32H,2-6,15-18H2,1H3. The van der Waals surface area contributed by atoms with Crippen LogP contribution >= 0.6 is 0 Å². The Balaban J connectivity index is 1.57. The van der Waals surface area contributed by atoms with Gasteiger partial charge in [-0.05, 0) is 48.9 Å². The van der Waals surface area contributed by atoms with Gasteiger partial charge in [-0.3, -0.25) is 0 Å². The van der Waals surface area contributed by atoms with E-state index < -0.39 is 5.41 Å². The molecule has 1 aliphatic carbocycles. The Morgan fingerprint density at radius 1 is 0.771 bits per heavy atom. The monoisotopic (exact) mass is 474 g/mol. The molecule has 5 rings (SSSR count). The molecule has 1 heterocycles. The number of benzene rings is 3. The third kappa shape index (κ3) is 4.63. The van der Waals surface area contributed by atoms with Crippen LogP contribution in [0.4, 0.5) is 0 Å². The van der Waals surface area contributed by atoms with Crippen LogP contribution in [0, 0.1) is 0 Å². The molecule has 0 unspecified atom stereocenters. The average molecular weight is 475 g/mol. The molecule has 2 N–H and O–H groups in total. The molecule has 0 saturated heterocycles. The topological polar surface area (TPSA) is 68.2 Å². The fraction of sp³-hybridized carbons (Fsp3) is 0.400. The molecule has 0 amide bonds. The molecule has 0 spiro atoms. The zero-order chi connectivity index (χ0) is 24.3. The summed E-state index contributed by atoms with van der Waals surface area (Å²) in [7, 11) is 0. The highest BCUT2D eigenvalue weighted by Gasteiger charge is 2.40. The van der Waals surface area contributed by atoms with Gasteiger partial charge in [0.15, 0.2) is 0 Å². The SMILES string of the molecule is CC1(c2ccc(C3CCCCC3)cc2)c2ccc(OCCO)cc2Oc2cc(OCCO)ccc21. The van der Waals surface area contributed by atoms with E-state index in [1.54, 1.807) is 0 Å². The van der Waals surface area contributed by atoms with E-state index in [1.165, 1.54) is 43.2 Å². The Kier molecular flexibility index (Phi) is 6.98. The smallest absolute Gasteiger partial charge is 0.135 e. The summed E-state index contributed by atoms with van der Waals surface area (Å²) in [5.74, 6) is 3.43. The summed E-state index contributed by atoms with van der Waals surface area (Å²) < 4.78 is 17.7. The lowest BCUT2D eigenvalue weighted by atomic mass is 9.69. The summed E-state index contributed by atoms with van der Waals surface area (Å²) in [5, 5.41) is 18.3. The first-order chi connectivity index (χ1) is 17.1. The first-order valence-corrected chi connectivity index (χ1v) is 12.7. The summed E-state index contributed by atoms with van der Waals surface area (Å²) in [4.78, 5) is 0. The Morgan fingerprint density at radius 3 is 1.83 bits per heavy atom. The fourth-order valence-electron chi connectivity index (χ4n) is 5.61. The molecule has 5 nitrogen and oxygen atoms in total. The molecule has 184 valence electrons. The molecule has 2 aliphatic rings. The summed E-state index contributed by atoms with van der Waals surface area (Å²) in [5.41, 5.74) is 4.34. The molecular weight excluding hydrogens is 440 g/mol. The molecule has 1 saturated carbocycles. The van der Waals surface area contributed by atoms with Gasteiger partial charge in [0.05, 0.1) is 13.2 Å². The maximum atomic E-state index is 9.16. The van der Waals surface area contributed by atoms with Gasteiger partial charge in [-0.15, -0.1) is 0 Å². The molecule has 0 radical (unpaired) electrons. The van der Waals surface area contributed by atoms with Gasteiger partial charge in [0, 0.05) is 28.7 Å². The van der Waals surface area contributed by atoms with E-state index in [2.05, 4.69) is 43.3 Å². The van der Waals surface area contributed by atoms with E-state index in [0.29, 0.717) is 17.4 Å². The van der Waals surface area contributed by atoms with Gasteiger partial charge in [-0.1, -0.05) is 55.7 Å². The van der Waals surface area contributed by atoms with Crippen molar-refractivity contribution in [3.8, 4) is 23.0 Å². The lowest BCUT2D eigenvalue weighted by Crippen LogP contribution is -2.29. The number of hydrogen-bond donors (Lipinski definition) is 2. The average Bonchev–Trinajstić information content (AvgIpc) is 2.91. The number of ether oxygens (including phenoxy) is 3. The molecule has 35 heavy (non-hydrogen) atoms. The van der Waals surface area contributed by atoms with Gasteiger partial charge < -0.3 is 24.4 Å². The van der Waals surface area contributed by atoms with Gasteiger partial charge in [0.1, 0.15) is 36.2 Å². The second-order valence-electron chi connectivity index (χ2n) is 9.64. The molecule has 1 aliphatic heterocycles. The Hall–Kier alpha value is -3.02. The minimum Gasteiger partial charge on any atom is -0.491 e. The Morgan fingerprint density at radius 2 is 1.31 bits per heavy atom. The Labute approximate surface area is 207 Å². The number of aliphatic hydroxyl groups is 2. The summed E-state index contributed by atoms with van der Waals surface area (Å²) >= 11 is 0. The van der Waals surface area contributed by atoms with Crippen molar-refractivity contribution in [2.45, 2.75) is 50.4 Å². The van der Waals surface area contributed by atoms with Crippen molar-refractivity contribution >= 4 is 0 Å². The van der Waals surface area contributed by atoms with Crippen molar-refractivity contribution in [2.24, 2.45) is 0 Å². The van der Waals surface area contributed by atoms with Crippen molar-refractivity contribution in [1.29, 1.82) is 0 Å².